The second-order valence-corrected chi connectivity index (χ2v) is 10.1. The summed E-state index contributed by atoms with van der Waals surface area (Å²) in [5.74, 6) is -0.555. The predicted octanol–water partition coefficient (Wildman–Crippen LogP) is 4.04. The van der Waals surface area contributed by atoms with Crippen LogP contribution in [0.5, 0.6) is 0 Å². The molecule has 4 aromatic rings. The lowest BCUT2D eigenvalue weighted by Crippen LogP contribution is -2.29. The van der Waals surface area contributed by atoms with Crippen LogP contribution in [0.3, 0.4) is 0 Å². The molecule has 0 saturated heterocycles. The number of aryl methyl sites for hydroxylation is 1. The van der Waals surface area contributed by atoms with Crippen LogP contribution < -0.4 is 9.60 Å². The molecule has 5 nitrogen and oxygen atoms in total. The highest BCUT2D eigenvalue weighted by Gasteiger charge is 2.20. The highest BCUT2D eigenvalue weighted by Crippen LogP contribution is 2.24. The second-order valence-electron chi connectivity index (χ2n) is 7.31. The molecule has 1 heterocycles. The van der Waals surface area contributed by atoms with Gasteiger partial charge in [-0.25, -0.2) is 17.5 Å². The molecule has 1 atom stereocenters. The van der Waals surface area contributed by atoms with Crippen LogP contribution in [0.15, 0.2) is 82.5 Å². The van der Waals surface area contributed by atoms with E-state index in [1.54, 1.807) is 31.3 Å². The molecule has 0 bridgehead atoms. The van der Waals surface area contributed by atoms with E-state index in [1.165, 1.54) is 22.8 Å². The number of aromatic nitrogens is 1. The molecule has 0 fully saturated rings. The summed E-state index contributed by atoms with van der Waals surface area (Å²) in [6.07, 6.45) is 0.360. The van der Waals surface area contributed by atoms with Gasteiger partial charge in [0.2, 0.25) is 10.0 Å². The van der Waals surface area contributed by atoms with E-state index in [2.05, 4.69) is 4.72 Å². The Balaban J connectivity index is 1.60. The molecule has 0 unspecified atom stereocenters. The number of halogens is 1. The van der Waals surface area contributed by atoms with Crippen LogP contribution in [0.1, 0.15) is 17.0 Å². The standard InChI is InChI=1S/C23H21FN2O3S2/c1-26-21-12-11-19(14-22(21)30-23(26)27)31(28,29)25-15-18(16-7-3-2-4-8-16)13-17-9-5-6-10-20(17)24/h2-12,14,18,25H,13,15H2,1H3/t18-/m0/s1. The zero-order valence-corrected chi connectivity index (χ0v) is 18.4. The van der Waals surface area contributed by atoms with Crippen LogP contribution in [0.4, 0.5) is 4.39 Å². The van der Waals surface area contributed by atoms with E-state index >= 15 is 0 Å². The first kappa shape index (κ1) is 21.4. The first-order valence-corrected chi connectivity index (χ1v) is 12.0. The van der Waals surface area contributed by atoms with Gasteiger partial charge in [0.25, 0.3) is 0 Å². The van der Waals surface area contributed by atoms with Crippen molar-refractivity contribution in [2.45, 2.75) is 17.2 Å². The van der Waals surface area contributed by atoms with Gasteiger partial charge in [-0.15, -0.1) is 0 Å². The van der Waals surface area contributed by atoms with Gasteiger partial charge in [0.05, 0.1) is 15.1 Å². The number of rotatable bonds is 7. The van der Waals surface area contributed by atoms with E-state index in [0.717, 1.165) is 16.9 Å². The zero-order chi connectivity index (χ0) is 22.0. The van der Waals surface area contributed by atoms with Crippen LogP contribution in [0.2, 0.25) is 0 Å². The minimum atomic E-state index is -3.81. The van der Waals surface area contributed by atoms with Gasteiger partial charge < -0.3 is 4.57 Å². The summed E-state index contributed by atoms with van der Waals surface area (Å²) in [6.45, 7) is 0.115. The highest BCUT2D eigenvalue weighted by molar-refractivity contribution is 7.89. The van der Waals surface area contributed by atoms with Crippen molar-refractivity contribution in [3.05, 3.63) is 99.4 Å². The van der Waals surface area contributed by atoms with Gasteiger partial charge in [-0.3, -0.25) is 4.79 Å². The van der Waals surface area contributed by atoms with Crippen LogP contribution in [0, 0.1) is 5.82 Å². The van der Waals surface area contributed by atoms with Crippen LogP contribution >= 0.6 is 11.3 Å². The van der Waals surface area contributed by atoms with E-state index in [9.17, 15) is 17.6 Å². The van der Waals surface area contributed by atoms with Crippen molar-refractivity contribution in [3.8, 4) is 0 Å². The van der Waals surface area contributed by atoms with Crippen molar-refractivity contribution < 1.29 is 12.8 Å². The van der Waals surface area contributed by atoms with Crippen molar-refractivity contribution in [1.82, 2.24) is 9.29 Å². The van der Waals surface area contributed by atoms with Gasteiger partial charge in [0.15, 0.2) is 0 Å². The summed E-state index contributed by atoms with van der Waals surface area (Å²) in [5, 5.41) is 0. The molecular weight excluding hydrogens is 435 g/mol. The summed E-state index contributed by atoms with van der Waals surface area (Å²) in [6, 6.07) is 20.6. The van der Waals surface area contributed by atoms with Crippen molar-refractivity contribution in [3.63, 3.8) is 0 Å². The van der Waals surface area contributed by atoms with E-state index < -0.39 is 10.0 Å². The van der Waals surface area contributed by atoms with Gasteiger partial charge in [0, 0.05) is 19.5 Å². The zero-order valence-electron chi connectivity index (χ0n) is 16.8. The van der Waals surface area contributed by atoms with Gasteiger partial charge >= 0.3 is 4.87 Å². The Morgan fingerprint density at radius 3 is 2.48 bits per heavy atom. The molecule has 0 aliphatic carbocycles. The Morgan fingerprint density at radius 2 is 1.74 bits per heavy atom. The fourth-order valence-electron chi connectivity index (χ4n) is 3.54. The third-order valence-corrected chi connectivity index (χ3v) is 7.71. The molecule has 1 N–H and O–H groups in total. The number of nitrogens with one attached hydrogen (secondary N) is 1. The van der Waals surface area contributed by atoms with Crippen molar-refractivity contribution >= 4 is 31.6 Å². The minimum absolute atomic E-state index is 0.0968. The van der Waals surface area contributed by atoms with Gasteiger partial charge in [0.1, 0.15) is 5.82 Å². The molecule has 0 spiro atoms. The third-order valence-electron chi connectivity index (χ3n) is 5.29. The van der Waals surface area contributed by atoms with Gasteiger partial charge in [-0.2, -0.15) is 0 Å². The number of benzene rings is 3. The third kappa shape index (κ3) is 4.61. The van der Waals surface area contributed by atoms with Crippen molar-refractivity contribution in [2.24, 2.45) is 7.05 Å². The molecule has 0 saturated carbocycles. The maximum atomic E-state index is 14.2. The largest absolute Gasteiger partial charge is 0.307 e. The van der Waals surface area contributed by atoms with Crippen molar-refractivity contribution in [2.75, 3.05) is 6.54 Å². The molecule has 8 heteroatoms. The first-order chi connectivity index (χ1) is 14.8. The summed E-state index contributed by atoms with van der Waals surface area (Å²) >= 11 is 1.01. The summed E-state index contributed by atoms with van der Waals surface area (Å²) < 4.78 is 44.9. The molecule has 3 aromatic carbocycles. The average molecular weight is 457 g/mol. The fourth-order valence-corrected chi connectivity index (χ4v) is 5.64. The second kappa shape index (κ2) is 8.74. The fraction of sp³-hybridized carbons (Fsp3) is 0.174. The molecule has 160 valence electrons. The number of hydrogen-bond acceptors (Lipinski definition) is 4. The van der Waals surface area contributed by atoms with Crippen LogP contribution in [0.25, 0.3) is 10.2 Å². The molecule has 4 rings (SSSR count). The molecule has 0 aliphatic heterocycles. The Kier molecular flexibility index (Phi) is 6.04. The maximum absolute atomic E-state index is 14.2. The summed E-state index contributed by atoms with van der Waals surface area (Å²) in [7, 11) is -2.16. The summed E-state index contributed by atoms with van der Waals surface area (Å²) in [5.41, 5.74) is 2.15. The Labute approximate surface area is 183 Å². The topological polar surface area (TPSA) is 68.2 Å². The number of hydrogen-bond donors (Lipinski definition) is 1. The highest BCUT2D eigenvalue weighted by atomic mass is 32.2. The van der Waals surface area contributed by atoms with E-state index in [4.69, 9.17) is 0 Å². The lowest BCUT2D eigenvalue weighted by atomic mass is 9.92. The lowest BCUT2D eigenvalue weighted by Gasteiger charge is -2.19. The Morgan fingerprint density at radius 1 is 1.03 bits per heavy atom. The average Bonchev–Trinajstić information content (AvgIpc) is 3.06. The van der Waals surface area contributed by atoms with Crippen LogP contribution in [-0.2, 0) is 23.5 Å². The van der Waals surface area contributed by atoms with Crippen molar-refractivity contribution in [1.29, 1.82) is 0 Å². The minimum Gasteiger partial charge on any atom is -0.302 e. The monoisotopic (exact) mass is 456 g/mol. The molecule has 0 aliphatic rings. The Bertz CT molecular complexity index is 1380. The normalized spacial score (nSPS) is 12.8. The first-order valence-electron chi connectivity index (χ1n) is 9.73. The van der Waals surface area contributed by atoms with Gasteiger partial charge in [-0.1, -0.05) is 59.9 Å². The predicted molar refractivity (Wildman–Crippen MR) is 122 cm³/mol. The number of sulfonamides is 1. The van der Waals surface area contributed by atoms with Gasteiger partial charge in [-0.05, 0) is 41.8 Å². The maximum Gasteiger partial charge on any atom is 0.307 e. The smallest absolute Gasteiger partial charge is 0.302 e. The molecule has 1 aromatic heterocycles. The molecular formula is C23H21FN2O3S2. The van der Waals surface area contributed by atoms with E-state index in [0.29, 0.717) is 22.2 Å². The van der Waals surface area contributed by atoms with E-state index in [-0.39, 0.29) is 28.0 Å². The lowest BCUT2D eigenvalue weighted by molar-refractivity contribution is 0.560. The molecule has 0 amide bonds. The summed E-state index contributed by atoms with van der Waals surface area (Å²) in [4.78, 5) is 11.8. The van der Waals surface area contributed by atoms with Crippen LogP contribution in [-0.4, -0.2) is 19.5 Å². The van der Waals surface area contributed by atoms with E-state index in [1.807, 2.05) is 30.3 Å². The number of nitrogens with zero attached hydrogens (tertiary/aromatic N) is 1. The molecule has 0 radical (unpaired) electrons. The quantitative estimate of drug-likeness (QED) is 0.456. The Hall–Kier alpha value is -2.81. The SMILES string of the molecule is Cn1c(=O)sc2cc(S(=O)(=O)NC[C@H](Cc3ccccc3F)c3ccccc3)ccc21. The number of fused-ring (bicyclic) bond motifs is 1. The molecule has 31 heavy (non-hydrogen) atoms. The number of thiazole rings is 1.